The van der Waals surface area contributed by atoms with Gasteiger partial charge in [-0.3, -0.25) is 4.99 Å². The minimum Gasteiger partial charge on any atom is -0.496 e. The molecule has 16 heavy (non-hydrogen) atoms. The molecule has 0 atom stereocenters. The van der Waals surface area contributed by atoms with Crippen molar-refractivity contribution in [1.29, 1.82) is 0 Å². The maximum atomic E-state index is 5.54. The van der Waals surface area contributed by atoms with E-state index < -0.39 is 0 Å². The third kappa shape index (κ3) is 4.56. The minimum atomic E-state index is 0. The molecule has 0 amide bonds. The van der Waals surface area contributed by atoms with Crippen LogP contribution in [-0.2, 0) is 6.54 Å². The van der Waals surface area contributed by atoms with Crippen LogP contribution in [0.3, 0.4) is 0 Å². The van der Waals surface area contributed by atoms with Gasteiger partial charge in [-0.15, -0.1) is 24.0 Å². The monoisotopic (exact) mass is 399 g/mol. The fourth-order valence-electron chi connectivity index (χ4n) is 1.15. The van der Waals surface area contributed by atoms with Gasteiger partial charge in [0, 0.05) is 23.6 Å². The molecule has 6 heteroatoms. The van der Waals surface area contributed by atoms with E-state index in [1.807, 2.05) is 18.2 Å². The van der Waals surface area contributed by atoms with Gasteiger partial charge in [0.1, 0.15) is 5.75 Å². The number of halogens is 2. The van der Waals surface area contributed by atoms with Crippen LogP contribution in [0.25, 0.3) is 0 Å². The van der Waals surface area contributed by atoms with Crippen molar-refractivity contribution in [2.75, 3.05) is 14.2 Å². The molecular weight excluding hydrogens is 385 g/mol. The van der Waals surface area contributed by atoms with Crippen LogP contribution in [0.5, 0.6) is 5.75 Å². The smallest absolute Gasteiger partial charge is 0.188 e. The lowest BCUT2D eigenvalue weighted by atomic mass is 10.2. The van der Waals surface area contributed by atoms with Gasteiger partial charge in [-0.2, -0.15) is 0 Å². The van der Waals surface area contributed by atoms with Crippen molar-refractivity contribution in [2.45, 2.75) is 6.54 Å². The maximum absolute atomic E-state index is 5.54. The topological polar surface area (TPSA) is 59.6 Å². The first-order chi connectivity index (χ1) is 7.17. The second-order valence-electron chi connectivity index (χ2n) is 2.92. The number of methoxy groups -OCH3 is 1. The van der Waals surface area contributed by atoms with Gasteiger partial charge in [0.2, 0.25) is 0 Å². The third-order valence-electron chi connectivity index (χ3n) is 1.94. The van der Waals surface area contributed by atoms with Gasteiger partial charge in [-0.05, 0) is 18.2 Å². The van der Waals surface area contributed by atoms with Gasteiger partial charge in [0.05, 0.1) is 7.11 Å². The van der Waals surface area contributed by atoms with Crippen molar-refractivity contribution >= 4 is 45.9 Å². The zero-order valence-electron chi connectivity index (χ0n) is 9.16. The summed E-state index contributed by atoms with van der Waals surface area (Å²) in [6, 6.07) is 5.81. The zero-order valence-corrected chi connectivity index (χ0v) is 13.1. The van der Waals surface area contributed by atoms with E-state index in [-0.39, 0.29) is 24.0 Å². The second-order valence-corrected chi connectivity index (χ2v) is 3.83. The van der Waals surface area contributed by atoms with Crippen LogP contribution in [0.2, 0.25) is 0 Å². The van der Waals surface area contributed by atoms with Crippen molar-refractivity contribution in [3.63, 3.8) is 0 Å². The normalized spacial score (nSPS) is 10.6. The molecule has 0 fully saturated rings. The first-order valence-electron chi connectivity index (χ1n) is 4.46. The summed E-state index contributed by atoms with van der Waals surface area (Å²) in [7, 11) is 3.28. The largest absolute Gasteiger partial charge is 0.496 e. The third-order valence-corrected chi connectivity index (χ3v) is 2.44. The highest BCUT2D eigenvalue weighted by molar-refractivity contribution is 14.0. The molecule has 0 saturated heterocycles. The number of aliphatic imine (C=N–C) groups is 1. The molecule has 0 spiro atoms. The molecule has 0 bridgehead atoms. The Kier molecular flexibility index (Phi) is 7.48. The average Bonchev–Trinajstić information content (AvgIpc) is 2.26. The molecule has 0 saturated carbocycles. The Morgan fingerprint density at radius 3 is 2.81 bits per heavy atom. The highest BCUT2D eigenvalue weighted by Gasteiger charge is 2.03. The molecule has 1 rings (SSSR count). The molecule has 90 valence electrons. The molecule has 1 aromatic carbocycles. The first kappa shape index (κ1) is 15.5. The Bertz CT molecular complexity index is 371. The van der Waals surface area contributed by atoms with E-state index in [0.717, 1.165) is 15.8 Å². The zero-order chi connectivity index (χ0) is 11.3. The van der Waals surface area contributed by atoms with E-state index in [0.29, 0.717) is 12.5 Å². The highest BCUT2D eigenvalue weighted by atomic mass is 127. The molecule has 0 aliphatic heterocycles. The number of rotatable bonds is 3. The summed E-state index contributed by atoms with van der Waals surface area (Å²) in [4.78, 5) is 3.81. The van der Waals surface area contributed by atoms with Crippen molar-refractivity contribution in [1.82, 2.24) is 5.32 Å². The number of hydrogen-bond donors (Lipinski definition) is 2. The lowest BCUT2D eigenvalue weighted by Gasteiger charge is -2.10. The quantitative estimate of drug-likeness (QED) is 0.465. The number of hydrogen-bond acceptors (Lipinski definition) is 2. The molecule has 1 aromatic rings. The molecule has 0 aliphatic rings. The molecule has 0 unspecified atom stereocenters. The maximum Gasteiger partial charge on any atom is 0.188 e. The molecular formula is C10H15BrIN3O. The Balaban J connectivity index is 0.00000225. The summed E-state index contributed by atoms with van der Waals surface area (Å²) in [6.07, 6.45) is 0. The number of nitrogens with two attached hydrogens (primary N) is 1. The lowest BCUT2D eigenvalue weighted by Crippen LogP contribution is -2.30. The number of nitrogens with one attached hydrogen (secondary N) is 1. The van der Waals surface area contributed by atoms with Crippen LogP contribution in [0.4, 0.5) is 0 Å². The number of guanidine groups is 1. The van der Waals surface area contributed by atoms with Crippen LogP contribution in [0.1, 0.15) is 5.56 Å². The Labute approximate surface area is 121 Å². The van der Waals surface area contributed by atoms with E-state index in [2.05, 4.69) is 26.2 Å². The van der Waals surface area contributed by atoms with E-state index in [9.17, 15) is 0 Å². The predicted molar refractivity (Wildman–Crippen MR) is 80.5 cm³/mol. The number of ether oxygens (including phenoxy) is 1. The fourth-order valence-corrected chi connectivity index (χ4v) is 1.56. The van der Waals surface area contributed by atoms with Crippen LogP contribution in [0, 0.1) is 0 Å². The van der Waals surface area contributed by atoms with E-state index in [1.54, 1.807) is 14.2 Å². The summed E-state index contributed by atoms with van der Waals surface area (Å²) in [6.45, 7) is 0.589. The van der Waals surface area contributed by atoms with E-state index in [4.69, 9.17) is 10.5 Å². The van der Waals surface area contributed by atoms with Crippen molar-refractivity contribution in [3.05, 3.63) is 28.2 Å². The molecule has 3 N–H and O–H groups in total. The average molecular weight is 400 g/mol. The summed E-state index contributed by atoms with van der Waals surface area (Å²) in [5.41, 5.74) is 6.56. The van der Waals surface area contributed by atoms with Gasteiger partial charge >= 0.3 is 0 Å². The van der Waals surface area contributed by atoms with Crippen LogP contribution in [0.15, 0.2) is 27.7 Å². The van der Waals surface area contributed by atoms with Gasteiger partial charge in [0.15, 0.2) is 5.96 Å². The summed E-state index contributed by atoms with van der Waals surface area (Å²) in [5.74, 6) is 1.24. The van der Waals surface area contributed by atoms with Crippen LogP contribution in [-0.4, -0.2) is 20.1 Å². The second kappa shape index (κ2) is 7.72. The molecule has 0 aliphatic carbocycles. The molecule has 0 heterocycles. The summed E-state index contributed by atoms with van der Waals surface area (Å²) >= 11 is 3.40. The van der Waals surface area contributed by atoms with Crippen LogP contribution < -0.4 is 15.8 Å². The van der Waals surface area contributed by atoms with Gasteiger partial charge in [0.25, 0.3) is 0 Å². The minimum absolute atomic E-state index is 0. The molecule has 4 nitrogen and oxygen atoms in total. The van der Waals surface area contributed by atoms with Crippen LogP contribution >= 0.6 is 39.9 Å². The highest BCUT2D eigenvalue weighted by Crippen LogP contribution is 2.22. The Hall–Kier alpha value is -0.500. The summed E-state index contributed by atoms with van der Waals surface area (Å²) in [5, 5.41) is 2.98. The lowest BCUT2D eigenvalue weighted by molar-refractivity contribution is 0.409. The van der Waals surface area contributed by atoms with E-state index >= 15 is 0 Å². The van der Waals surface area contributed by atoms with Gasteiger partial charge in [-0.1, -0.05) is 15.9 Å². The standard InChI is InChI=1S/C10H14BrN3O.HI/c1-13-10(12)14-6-7-5-8(11)3-4-9(7)15-2;/h3-5H,6H2,1-2H3,(H3,12,13,14);1H. The van der Waals surface area contributed by atoms with Gasteiger partial charge < -0.3 is 15.8 Å². The van der Waals surface area contributed by atoms with Gasteiger partial charge in [-0.25, -0.2) is 0 Å². The molecule has 0 aromatic heterocycles. The Morgan fingerprint density at radius 2 is 2.25 bits per heavy atom. The Morgan fingerprint density at radius 1 is 1.56 bits per heavy atom. The first-order valence-corrected chi connectivity index (χ1v) is 5.25. The summed E-state index contributed by atoms with van der Waals surface area (Å²) < 4.78 is 6.23. The fraction of sp³-hybridized carbons (Fsp3) is 0.300. The number of nitrogens with zero attached hydrogens (tertiary/aromatic N) is 1. The van der Waals surface area contributed by atoms with E-state index in [1.165, 1.54) is 0 Å². The van der Waals surface area contributed by atoms with Crippen molar-refractivity contribution < 1.29 is 4.74 Å². The number of benzene rings is 1. The molecule has 0 radical (unpaired) electrons. The predicted octanol–water partition coefficient (Wildman–Crippen LogP) is 2.11. The van der Waals surface area contributed by atoms with Crippen molar-refractivity contribution in [2.24, 2.45) is 10.7 Å². The SMILES string of the molecule is CN=C(N)NCc1cc(Br)ccc1OC.I. The van der Waals surface area contributed by atoms with Crippen molar-refractivity contribution in [3.8, 4) is 5.75 Å².